The van der Waals surface area contributed by atoms with E-state index in [4.69, 9.17) is 23.2 Å². The van der Waals surface area contributed by atoms with E-state index in [0.29, 0.717) is 8.67 Å². The minimum absolute atomic E-state index is 0.115. The van der Waals surface area contributed by atoms with Gasteiger partial charge in [0.15, 0.2) is 0 Å². The number of H-pyrrole nitrogens is 2. The van der Waals surface area contributed by atoms with Gasteiger partial charge in [-0.2, -0.15) is 0 Å². The lowest BCUT2D eigenvalue weighted by Gasteiger charge is -2.12. The van der Waals surface area contributed by atoms with E-state index in [0.717, 1.165) is 26.6 Å². The third-order valence-corrected chi connectivity index (χ3v) is 6.05. The lowest BCUT2D eigenvalue weighted by atomic mass is 10.1. The van der Waals surface area contributed by atoms with Crippen molar-refractivity contribution < 1.29 is 0 Å². The standard InChI is InChI=1S/C12H6Br2Cl2N2OS/c13-6-3-8-7(17-12(19)18-8)1-4(6)10(14)5-2-9(15)20-11(5)16/h1-3,10H,(H2,17,18,19). The van der Waals surface area contributed by atoms with Crippen molar-refractivity contribution in [2.45, 2.75) is 4.83 Å². The molecule has 1 unspecified atom stereocenters. The fourth-order valence-electron chi connectivity index (χ4n) is 1.96. The van der Waals surface area contributed by atoms with Crippen LogP contribution in [0.1, 0.15) is 16.0 Å². The van der Waals surface area contributed by atoms with Crippen molar-refractivity contribution in [3.8, 4) is 0 Å². The molecule has 2 N–H and O–H groups in total. The summed E-state index contributed by atoms with van der Waals surface area (Å²) >= 11 is 20.7. The number of aromatic amines is 2. The van der Waals surface area contributed by atoms with Gasteiger partial charge in [0, 0.05) is 10.0 Å². The molecule has 2 heterocycles. The fraction of sp³-hybridized carbons (Fsp3) is 0.0833. The van der Waals surface area contributed by atoms with Gasteiger partial charge in [0.05, 0.1) is 24.5 Å². The molecular weight excluding hydrogens is 451 g/mol. The van der Waals surface area contributed by atoms with E-state index in [1.165, 1.54) is 11.3 Å². The maximum Gasteiger partial charge on any atom is 0.323 e. The summed E-state index contributed by atoms with van der Waals surface area (Å²) in [6.07, 6.45) is 0. The SMILES string of the molecule is O=c1[nH]c2cc(Br)c(C(Br)c3cc(Cl)sc3Cl)cc2[nH]1. The van der Waals surface area contributed by atoms with Gasteiger partial charge >= 0.3 is 5.69 Å². The van der Waals surface area contributed by atoms with Gasteiger partial charge in [0.25, 0.3) is 0 Å². The van der Waals surface area contributed by atoms with Crippen LogP contribution >= 0.6 is 66.4 Å². The summed E-state index contributed by atoms with van der Waals surface area (Å²) in [6.45, 7) is 0. The highest BCUT2D eigenvalue weighted by Crippen LogP contribution is 2.43. The quantitative estimate of drug-likeness (QED) is 0.493. The van der Waals surface area contributed by atoms with Crippen LogP contribution in [0, 0.1) is 0 Å². The fourth-order valence-corrected chi connectivity index (χ4v) is 5.40. The molecule has 1 aromatic carbocycles. The zero-order valence-corrected chi connectivity index (χ0v) is 15.1. The molecule has 0 saturated heterocycles. The summed E-state index contributed by atoms with van der Waals surface area (Å²) < 4.78 is 2.16. The van der Waals surface area contributed by atoms with Crippen molar-refractivity contribution in [3.63, 3.8) is 0 Å². The normalized spacial score (nSPS) is 13.0. The van der Waals surface area contributed by atoms with Crippen LogP contribution in [-0.2, 0) is 0 Å². The minimum Gasteiger partial charge on any atom is -0.306 e. The first-order valence-electron chi connectivity index (χ1n) is 5.46. The molecule has 3 nitrogen and oxygen atoms in total. The van der Waals surface area contributed by atoms with Gasteiger partial charge in [-0.25, -0.2) is 4.79 Å². The molecule has 104 valence electrons. The van der Waals surface area contributed by atoms with E-state index in [1.807, 2.05) is 18.2 Å². The van der Waals surface area contributed by atoms with Crippen molar-refractivity contribution in [2.75, 3.05) is 0 Å². The Bertz CT molecular complexity index is 855. The molecule has 2 aromatic heterocycles. The van der Waals surface area contributed by atoms with Gasteiger partial charge < -0.3 is 9.97 Å². The highest BCUT2D eigenvalue weighted by molar-refractivity contribution is 9.11. The average Bonchev–Trinajstić information content (AvgIpc) is 2.88. The number of rotatable bonds is 2. The lowest BCUT2D eigenvalue weighted by molar-refractivity contribution is 1.18. The second kappa shape index (κ2) is 5.50. The number of hydrogen-bond acceptors (Lipinski definition) is 2. The van der Waals surface area contributed by atoms with Gasteiger partial charge in [-0.3, -0.25) is 0 Å². The Balaban J connectivity index is 2.15. The summed E-state index contributed by atoms with van der Waals surface area (Å²) in [7, 11) is 0. The first-order valence-corrected chi connectivity index (χ1v) is 8.74. The van der Waals surface area contributed by atoms with Gasteiger partial charge in [-0.05, 0) is 23.8 Å². The van der Waals surface area contributed by atoms with E-state index in [-0.39, 0.29) is 10.5 Å². The Morgan fingerprint density at radius 2 is 1.75 bits per heavy atom. The number of fused-ring (bicyclic) bond motifs is 1. The number of hydrogen-bond donors (Lipinski definition) is 2. The molecule has 0 aliphatic heterocycles. The molecule has 8 heteroatoms. The van der Waals surface area contributed by atoms with Crippen molar-refractivity contribution in [2.24, 2.45) is 0 Å². The Morgan fingerprint density at radius 3 is 2.35 bits per heavy atom. The summed E-state index contributed by atoms with van der Waals surface area (Å²) in [5.41, 5.74) is 3.13. The van der Waals surface area contributed by atoms with E-state index >= 15 is 0 Å². The maximum atomic E-state index is 11.3. The van der Waals surface area contributed by atoms with Crippen molar-refractivity contribution in [1.82, 2.24) is 9.97 Å². The molecule has 3 rings (SSSR count). The van der Waals surface area contributed by atoms with Crippen LogP contribution in [-0.4, -0.2) is 9.97 Å². The molecule has 0 saturated carbocycles. The van der Waals surface area contributed by atoms with Crippen molar-refractivity contribution in [3.05, 3.63) is 53.0 Å². The third-order valence-electron chi connectivity index (χ3n) is 2.86. The number of thiophene rings is 1. The number of benzene rings is 1. The van der Waals surface area contributed by atoms with E-state index < -0.39 is 0 Å². The zero-order valence-electron chi connectivity index (χ0n) is 9.64. The maximum absolute atomic E-state index is 11.3. The van der Waals surface area contributed by atoms with Crippen LogP contribution in [0.4, 0.5) is 0 Å². The first kappa shape index (κ1) is 14.7. The summed E-state index contributed by atoms with van der Waals surface area (Å²) in [5.74, 6) is 0. The Morgan fingerprint density at radius 1 is 1.10 bits per heavy atom. The third kappa shape index (κ3) is 2.60. The number of nitrogens with one attached hydrogen (secondary N) is 2. The predicted molar refractivity (Wildman–Crippen MR) is 91.7 cm³/mol. The van der Waals surface area contributed by atoms with Crippen LogP contribution in [0.25, 0.3) is 11.0 Å². The van der Waals surface area contributed by atoms with Crippen LogP contribution in [0.5, 0.6) is 0 Å². The van der Waals surface area contributed by atoms with Crippen LogP contribution in [0.15, 0.2) is 27.5 Å². The van der Waals surface area contributed by atoms with Crippen molar-refractivity contribution in [1.29, 1.82) is 0 Å². The number of alkyl halides is 1. The molecule has 0 aliphatic rings. The Labute approximate surface area is 144 Å². The molecule has 0 bridgehead atoms. The van der Waals surface area contributed by atoms with E-state index in [1.54, 1.807) is 0 Å². The molecule has 0 fully saturated rings. The van der Waals surface area contributed by atoms with E-state index in [2.05, 4.69) is 41.8 Å². The molecular formula is C12H6Br2Cl2N2OS. The average molecular weight is 457 g/mol. The number of aromatic nitrogens is 2. The minimum atomic E-state index is -0.230. The smallest absolute Gasteiger partial charge is 0.306 e. The monoisotopic (exact) mass is 454 g/mol. The summed E-state index contributed by atoms with van der Waals surface area (Å²) in [4.78, 5) is 16.7. The summed E-state index contributed by atoms with van der Waals surface area (Å²) in [5, 5.41) is 0. The van der Waals surface area contributed by atoms with Gasteiger partial charge in [-0.15, -0.1) is 11.3 Å². The van der Waals surface area contributed by atoms with Crippen LogP contribution in [0.3, 0.4) is 0 Å². The number of imidazole rings is 1. The van der Waals surface area contributed by atoms with Crippen LogP contribution < -0.4 is 5.69 Å². The lowest BCUT2D eigenvalue weighted by Crippen LogP contribution is -1.99. The predicted octanol–water partition coefficient (Wildman–Crippen LogP) is 5.47. The zero-order chi connectivity index (χ0) is 14.4. The topological polar surface area (TPSA) is 48.6 Å². The molecule has 0 aliphatic carbocycles. The molecule has 1 atom stereocenters. The second-order valence-electron chi connectivity index (χ2n) is 4.14. The molecule has 0 radical (unpaired) electrons. The van der Waals surface area contributed by atoms with E-state index in [9.17, 15) is 4.79 Å². The summed E-state index contributed by atoms with van der Waals surface area (Å²) in [6, 6.07) is 5.60. The Kier molecular flexibility index (Phi) is 4.03. The van der Waals surface area contributed by atoms with Gasteiger partial charge in [-0.1, -0.05) is 55.1 Å². The number of halogens is 4. The van der Waals surface area contributed by atoms with Gasteiger partial charge in [0.1, 0.15) is 0 Å². The molecule has 3 aromatic rings. The van der Waals surface area contributed by atoms with Gasteiger partial charge in [0.2, 0.25) is 0 Å². The largest absolute Gasteiger partial charge is 0.323 e. The van der Waals surface area contributed by atoms with Crippen LogP contribution in [0.2, 0.25) is 8.67 Å². The highest BCUT2D eigenvalue weighted by atomic mass is 79.9. The second-order valence-corrected chi connectivity index (χ2v) is 8.20. The molecule has 20 heavy (non-hydrogen) atoms. The molecule has 0 amide bonds. The Hall–Kier alpha value is -0.270. The highest BCUT2D eigenvalue weighted by Gasteiger charge is 2.20. The first-order chi connectivity index (χ1) is 9.45. The van der Waals surface area contributed by atoms with Crippen molar-refractivity contribution >= 4 is 77.4 Å². The molecule has 0 spiro atoms.